The Morgan fingerprint density at radius 3 is 2.41 bits per heavy atom. The molecule has 1 fully saturated rings. The molecule has 1 unspecified atom stereocenters. The molecule has 0 radical (unpaired) electrons. The molecule has 1 aliphatic heterocycles. The van der Waals surface area contributed by atoms with Crippen molar-refractivity contribution in [3.05, 3.63) is 48.8 Å². The summed E-state index contributed by atoms with van der Waals surface area (Å²) in [6, 6.07) is 10.9. The second kappa shape index (κ2) is 7.48. The van der Waals surface area contributed by atoms with Gasteiger partial charge >= 0.3 is 0 Å². The molecule has 0 saturated carbocycles. The Morgan fingerprint density at radius 2 is 1.70 bits per heavy atom. The van der Waals surface area contributed by atoms with E-state index in [-0.39, 0.29) is 5.91 Å². The van der Waals surface area contributed by atoms with E-state index in [1.54, 1.807) is 25.4 Å². The Labute approximate surface area is 156 Å². The second-order valence-electron chi connectivity index (χ2n) is 6.34. The molecule has 1 atom stereocenters. The first-order chi connectivity index (χ1) is 13.2. The highest BCUT2D eigenvalue weighted by Crippen LogP contribution is 2.16. The zero-order valence-electron chi connectivity index (χ0n) is 15.0. The van der Waals surface area contributed by atoms with E-state index in [2.05, 4.69) is 30.3 Å². The summed E-state index contributed by atoms with van der Waals surface area (Å²) >= 11 is 0. The number of nitrogens with zero attached hydrogens (tertiary/aromatic N) is 8. The zero-order valence-corrected chi connectivity index (χ0v) is 15.0. The lowest BCUT2D eigenvalue weighted by molar-refractivity contribution is -0.135. The second-order valence-corrected chi connectivity index (χ2v) is 6.34. The Balaban J connectivity index is 1.39. The van der Waals surface area contributed by atoms with Crippen molar-refractivity contribution in [3.8, 4) is 11.4 Å². The van der Waals surface area contributed by atoms with Crippen molar-refractivity contribution in [2.45, 2.75) is 13.0 Å². The highest BCUT2D eigenvalue weighted by Gasteiger charge is 2.28. The number of carbonyl (C=O) groups excluding carboxylic acids is 1. The van der Waals surface area contributed by atoms with Gasteiger partial charge in [-0.05, 0) is 18.2 Å². The van der Waals surface area contributed by atoms with Gasteiger partial charge in [-0.15, -0.1) is 10.2 Å². The summed E-state index contributed by atoms with van der Waals surface area (Å²) in [6.07, 6.45) is 3.45. The maximum atomic E-state index is 12.8. The topological polar surface area (TPSA) is 92.9 Å². The van der Waals surface area contributed by atoms with Crippen molar-refractivity contribution in [1.29, 1.82) is 0 Å². The van der Waals surface area contributed by atoms with E-state index in [9.17, 15) is 4.79 Å². The van der Waals surface area contributed by atoms with Crippen molar-refractivity contribution < 1.29 is 4.79 Å². The van der Waals surface area contributed by atoms with Crippen LogP contribution in [0.2, 0.25) is 0 Å². The maximum Gasteiger partial charge on any atom is 0.249 e. The summed E-state index contributed by atoms with van der Waals surface area (Å²) in [4.78, 5) is 26.7. The monoisotopic (exact) mass is 364 g/mol. The van der Waals surface area contributed by atoms with Crippen molar-refractivity contribution in [2.24, 2.45) is 0 Å². The highest BCUT2D eigenvalue weighted by atomic mass is 16.2. The van der Waals surface area contributed by atoms with Crippen LogP contribution in [-0.4, -0.2) is 67.2 Å². The zero-order chi connectivity index (χ0) is 18.6. The van der Waals surface area contributed by atoms with Crippen LogP contribution in [0.1, 0.15) is 13.0 Å². The molecule has 9 nitrogen and oxygen atoms in total. The molecule has 1 amide bonds. The lowest BCUT2D eigenvalue weighted by atomic mass is 10.2. The maximum absolute atomic E-state index is 12.8. The third-order valence-corrected chi connectivity index (χ3v) is 4.59. The number of rotatable bonds is 4. The first-order valence-corrected chi connectivity index (χ1v) is 8.88. The van der Waals surface area contributed by atoms with E-state index in [0.717, 1.165) is 5.56 Å². The van der Waals surface area contributed by atoms with Crippen molar-refractivity contribution >= 4 is 11.9 Å². The smallest absolute Gasteiger partial charge is 0.249 e. The average molecular weight is 364 g/mol. The lowest BCUT2D eigenvalue weighted by Gasteiger charge is -2.35. The first kappa shape index (κ1) is 17.1. The minimum atomic E-state index is -0.505. The molecule has 1 saturated heterocycles. The summed E-state index contributed by atoms with van der Waals surface area (Å²) in [5.41, 5.74) is 0.875. The van der Waals surface area contributed by atoms with E-state index in [0.29, 0.717) is 38.0 Å². The van der Waals surface area contributed by atoms with Crippen LogP contribution in [0.5, 0.6) is 0 Å². The van der Waals surface area contributed by atoms with Crippen molar-refractivity contribution in [3.63, 3.8) is 0 Å². The molecule has 0 spiro atoms. The Kier molecular flexibility index (Phi) is 4.73. The summed E-state index contributed by atoms with van der Waals surface area (Å²) in [5, 5.41) is 12.5. The average Bonchev–Trinajstić information content (AvgIpc) is 3.24. The van der Waals surface area contributed by atoms with Gasteiger partial charge in [0.15, 0.2) is 0 Å². The van der Waals surface area contributed by atoms with Crippen LogP contribution in [0.3, 0.4) is 0 Å². The van der Waals surface area contributed by atoms with E-state index in [4.69, 9.17) is 0 Å². The van der Waals surface area contributed by atoms with E-state index < -0.39 is 6.04 Å². The fraction of sp³-hybridized carbons (Fsp3) is 0.333. The molecule has 2 aromatic heterocycles. The third-order valence-electron chi connectivity index (χ3n) is 4.59. The third kappa shape index (κ3) is 3.62. The molecular weight excluding hydrogens is 344 g/mol. The number of amides is 1. The number of anilines is 1. The van der Waals surface area contributed by atoms with Crippen LogP contribution < -0.4 is 4.90 Å². The van der Waals surface area contributed by atoms with Gasteiger partial charge in [0.05, 0.1) is 0 Å². The predicted octanol–water partition coefficient (Wildman–Crippen LogP) is 1.04. The van der Waals surface area contributed by atoms with Gasteiger partial charge < -0.3 is 9.80 Å². The minimum Gasteiger partial charge on any atom is -0.337 e. The number of hydrogen-bond donors (Lipinski definition) is 0. The molecule has 0 bridgehead atoms. The lowest BCUT2D eigenvalue weighted by Crippen LogP contribution is -2.51. The molecule has 1 aliphatic rings. The quantitative estimate of drug-likeness (QED) is 0.683. The largest absolute Gasteiger partial charge is 0.337 e. The molecule has 9 heteroatoms. The molecule has 27 heavy (non-hydrogen) atoms. The minimum absolute atomic E-state index is 0.0133. The van der Waals surface area contributed by atoms with Crippen LogP contribution in [-0.2, 0) is 4.79 Å². The fourth-order valence-electron chi connectivity index (χ4n) is 3.04. The number of carbonyl (C=O) groups is 1. The molecule has 138 valence electrons. The molecule has 0 N–H and O–H groups in total. The number of aromatic nitrogens is 6. The molecule has 3 aromatic rings. The molecular formula is C18H20N8O. The summed E-state index contributed by atoms with van der Waals surface area (Å²) in [7, 11) is 0. The van der Waals surface area contributed by atoms with Gasteiger partial charge in [0.2, 0.25) is 17.7 Å². The summed E-state index contributed by atoms with van der Waals surface area (Å²) < 4.78 is 0. The number of piperazine rings is 1. The van der Waals surface area contributed by atoms with E-state index in [1.165, 1.54) is 4.80 Å². The Bertz CT molecular complexity index is 890. The molecule has 0 aliphatic carbocycles. The van der Waals surface area contributed by atoms with Gasteiger partial charge in [0.1, 0.15) is 6.04 Å². The SMILES string of the molecule is CC(C(=O)N1CCN(c2ncccn2)CC1)n1nnc(-c2ccccc2)n1. The van der Waals surface area contributed by atoms with Crippen LogP contribution in [0.15, 0.2) is 48.8 Å². The number of tetrazole rings is 1. The summed E-state index contributed by atoms with van der Waals surface area (Å²) in [6.45, 7) is 4.42. The standard InChI is InChI=1S/C18H20N8O/c1-14(26-22-16(21-23-26)15-6-3-2-4-7-15)17(27)24-10-12-25(13-11-24)18-19-8-5-9-20-18/h2-9,14H,10-13H2,1H3. The van der Waals surface area contributed by atoms with Gasteiger partial charge in [0, 0.05) is 44.1 Å². The van der Waals surface area contributed by atoms with Crippen LogP contribution >= 0.6 is 0 Å². The van der Waals surface area contributed by atoms with Gasteiger partial charge in [-0.25, -0.2) is 9.97 Å². The van der Waals surface area contributed by atoms with Crippen LogP contribution in [0, 0.1) is 0 Å². The van der Waals surface area contributed by atoms with Gasteiger partial charge in [-0.1, -0.05) is 30.3 Å². The normalized spacial score (nSPS) is 15.6. The van der Waals surface area contributed by atoms with Crippen LogP contribution in [0.25, 0.3) is 11.4 Å². The predicted molar refractivity (Wildman–Crippen MR) is 98.8 cm³/mol. The van der Waals surface area contributed by atoms with E-state index in [1.807, 2.05) is 35.2 Å². The van der Waals surface area contributed by atoms with Crippen molar-refractivity contribution in [1.82, 2.24) is 35.1 Å². The number of hydrogen-bond acceptors (Lipinski definition) is 7. The first-order valence-electron chi connectivity index (χ1n) is 8.88. The Morgan fingerprint density at radius 1 is 1.00 bits per heavy atom. The molecule has 4 rings (SSSR count). The molecule has 3 heterocycles. The molecule has 1 aromatic carbocycles. The van der Waals surface area contributed by atoms with Gasteiger partial charge in [-0.3, -0.25) is 4.79 Å². The van der Waals surface area contributed by atoms with Crippen molar-refractivity contribution in [2.75, 3.05) is 31.1 Å². The fourth-order valence-corrected chi connectivity index (χ4v) is 3.04. The van der Waals surface area contributed by atoms with Gasteiger partial charge in [0.25, 0.3) is 0 Å². The van der Waals surface area contributed by atoms with Crippen LogP contribution in [0.4, 0.5) is 5.95 Å². The van der Waals surface area contributed by atoms with E-state index >= 15 is 0 Å². The Hall–Kier alpha value is -3.36. The highest BCUT2D eigenvalue weighted by molar-refractivity contribution is 5.80. The summed E-state index contributed by atoms with van der Waals surface area (Å²) in [5.74, 6) is 1.20. The van der Waals surface area contributed by atoms with Gasteiger partial charge in [-0.2, -0.15) is 4.80 Å². The number of benzene rings is 1.